The van der Waals surface area contributed by atoms with Crippen LogP contribution in [0.5, 0.6) is 0 Å². The molecule has 1 heterocycles. The van der Waals surface area contributed by atoms with Crippen molar-refractivity contribution in [1.82, 2.24) is 0 Å². The van der Waals surface area contributed by atoms with E-state index in [1.807, 2.05) is 66.7 Å². The quantitative estimate of drug-likeness (QED) is 0.190. The normalized spacial score (nSPS) is 13.1. The van der Waals surface area contributed by atoms with Gasteiger partial charge in [0.25, 0.3) is 0 Å². The fraction of sp³-hybridized carbons (Fsp3) is 0. The van der Waals surface area contributed by atoms with Crippen molar-refractivity contribution < 1.29 is 11.3 Å². The zero-order chi connectivity index (χ0) is 34.1. The lowest BCUT2D eigenvalue weighted by Gasteiger charge is -2.19. The van der Waals surface area contributed by atoms with Gasteiger partial charge in [-0.1, -0.05) is 152 Å². The summed E-state index contributed by atoms with van der Waals surface area (Å²) in [5.74, 6) is 0. The average molecular weight is 578 g/mol. The Balaban J connectivity index is 1.35. The first-order chi connectivity index (χ1) is 24.4. The molecule has 0 saturated heterocycles. The highest BCUT2D eigenvalue weighted by Crippen LogP contribution is 2.47. The molecule has 9 aromatic rings. The number of furan rings is 1. The molecule has 45 heavy (non-hydrogen) atoms. The standard InChI is InChI=1S/C44H28O/c1-3-14-29(15-4-1)32-18-7-8-19-34(32)43-37-22-11-9-20-35(37)42(36-21-10-12-23-38(36)43)31-26-27-40-39(28-31)44-33(24-13-25-41(44)45-40)30-16-5-2-6-17-30/h1-28H/i1D,3D,4D,14D,15D. The smallest absolute Gasteiger partial charge is 0.136 e. The fourth-order valence-corrected chi connectivity index (χ4v) is 6.87. The number of hydrogen-bond acceptors (Lipinski definition) is 1. The van der Waals surface area contributed by atoms with Crippen LogP contribution >= 0.6 is 0 Å². The van der Waals surface area contributed by atoms with Crippen LogP contribution in [0.3, 0.4) is 0 Å². The van der Waals surface area contributed by atoms with Gasteiger partial charge < -0.3 is 4.42 Å². The first-order valence-electron chi connectivity index (χ1n) is 17.5. The van der Waals surface area contributed by atoms with E-state index in [9.17, 15) is 0 Å². The van der Waals surface area contributed by atoms with Gasteiger partial charge in [0, 0.05) is 10.8 Å². The molecule has 0 bridgehead atoms. The van der Waals surface area contributed by atoms with E-state index in [0.29, 0.717) is 5.56 Å². The predicted octanol–water partition coefficient (Wildman–Crippen LogP) is 12.6. The molecular formula is C44H28O. The molecule has 0 saturated carbocycles. The summed E-state index contributed by atoms with van der Waals surface area (Å²) in [5, 5.41) is 6.22. The summed E-state index contributed by atoms with van der Waals surface area (Å²) in [6.07, 6.45) is 0. The van der Waals surface area contributed by atoms with Gasteiger partial charge in [-0.2, -0.15) is 0 Å². The van der Waals surface area contributed by atoms with Gasteiger partial charge >= 0.3 is 0 Å². The van der Waals surface area contributed by atoms with Crippen LogP contribution in [0.1, 0.15) is 6.85 Å². The molecule has 210 valence electrons. The fourth-order valence-electron chi connectivity index (χ4n) is 6.87. The molecule has 1 heteroatoms. The van der Waals surface area contributed by atoms with E-state index in [1.54, 1.807) is 0 Å². The molecule has 9 rings (SSSR count). The van der Waals surface area contributed by atoms with Crippen LogP contribution < -0.4 is 0 Å². The maximum absolute atomic E-state index is 8.80. The molecule has 0 aliphatic heterocycles. The Morgan fingerprint density at radius 3 is 1.69 bits per heavy atom. The van der Waals surface area contributed by atoms with Gasteiger partial charge in [-0.15, -0.1) is 0 Å². The SMILES string of the molecule is [2H]c1c([2H])c([2H])c(-c2ccccc2-c2c3ccccc3c(-c3ccc4oc5cccc(-c6ccccc6)c5c4c3)c3ccccc23)c([2H])c1[2H]. The van der Waals surface area contributed by atoms with E-state index < -0.39 is 6.04 Å². The summed E-state index contributed by atoms with van der Waals surface area (Å²) in [7, 11) is 0. The van der Waals surface area contributed by atoms with E-state index in [4.69, 9.17) is 11.3 Å². The number of fused-ring (bicyclic) bond motifs is 5. The van der Waals surface area contributed by atoms with Crippen LogP contribution in [0.25, 0.3) is 88.0 Å². The molecule has 0 N–H and O–H groups in total. The summed E-state index contributed by atoms with van der Waals surface area (Å²) < 4.78 is 48.9. The third kappa shape index (κ3) is 4.09. The van der Waals surface area contributed by atoms with Gasteiger partial charge in [0.05, 0.1) is 6.85 Å². The summed E-state index contributed by atoms with van der Waals surface area (Å²) in [6.45, 7) is 0. The lowest BCUT2D eigenvalue weighted by Crippen LogP contribution is -1.92. The van der Waals surface area contributed by atoms with Crippen molar-refractivity contribution in [3.8, 4) is 44.5 Å². The molecule has 0 spiro atoms. The molecule has 0 amide bonds. The number of benzene rings is 8. The molecule has 0 radical (unpaired) electrons. The zero-order valence-corrected chi connectivity index (χ0v) is 24.2. The number of hydrogen-bond donors (Lipinski definition) is 0. The second-order valence-electron chi connectivity index (χ2n) is 11.2. The topological polar surface area (TPSA) is 13.1 Å². The third-order valence-corrected chi connectivity index (χ3v) is 8.77. The van der Waals surface area contributed by atoms with Gasteiger partial charge in [-0.05, 0) is 84.3 Å². The van der Waals surface area contributed by atoms with Crippen molar-refractivity contribution in [3.05, 3.63) is 170 Å². The minimum atomic E-state index is -0.403. The molecule has 1 aromatic heterocycles. The van der Waals surface area contributed by atoms with Crippen LogP contribution in [-0.4, -0.2) is 0 Å². The Bertz CT molecular complexity index is 2730. The van der Waals surface area contributed by atoms with Crippen molar-refractivity contribution in [2.45, 2.75) is 0 Å². The molecule has 8 aromatic carbocycles. The Morgan fingerprint density at radius 2 is 0.978 bits per heavy atom. The zero-order valence-electron chi connectivity index (χ0n) is 29.2. The third-order valence-electron chi connectivity index (χ3n) is 8.77. The van der Waals surface area contributed by atoms with Crippen LogP contribution in [0.4, 0.5) is 0 Å². The lowest BCUT2D eigenvalue weighted by molar-refractivity contribution is 0.669. The molecule has 0 fully saturated rings. The minimum Gasteiger partial charge on any atom is -0.456 e. The second-order valence-corrected chi connectivity index (χ2v) is 11.2. The van der Waals surface area contributed by atoms with Gasteiger partial charge in [-0.3, -0.25) is 0 Å². The van der Waals surface area contributed by atoms with Crippen molar-refractivity contribution in [3.63, 3.8) is 0 Å². The Labute approximate surface area is 268 Å². The molecule has 0 aliphatic carbocycles. The Kier molecular flexibility index (Phi) is 4.81. The van der Waals surface area contributed by atoms with E-state index in [1.165, 1.54) is 0 Å². The molecule has 0 aliphatic rings. The maximum Gasteiger partial charge on any atom is 0.136 e. The molecular weight excluding hydrogens is 544 g/mol. The molecule has 0 unspecified atom stereocenters. The number of rotatable bonds is 4. The van der Waals surface area contributed by atoms with Crippen LogP contribution in [0.15, 0.2) is 174 Å². The van der Waals surface area contributed by atoms with Gasteiger partial charge in [-0.25, -0.2) is 0 Å². The average Bonchev–Trinajstić information content (AvgIpc) is 3.54. The highest BCUT2D eigenvalue weighted by molar-refractivity contribution is 6.23. The summed E-state index contributed by atoms with van der Waals surface area (Å²) in [6, 6.07) is 45.7. The van der Waals surface area contributed by atoms with Gasteiger partial charge in [0.1, 0.15) is 11.2 Å². The lowest BCUT2D eigenvalue weighted by atomic mass is 9.83. The van der Waals surface area contributed by atoms with E-state index in [-0.39, 0.29) is 29.7 Å². The summed E-state index contributed by atoms with van der Waals surface area (Å²) >= 11 is 0. The highest BCUT2D eigenvalue weighted by atomic mass is 16.3. The minimum absolute atomic E-state index is 0.190. The summed E-state index contributed by atoms with van der Waals surface area (Å²) in [4.78, 5) is 0. The Morgan fingerprint density at radius 1 is 0.378 bits per heavy atom. The first-order valence-corrected chi connectivity index (χ1v) is 15.0. The van der Waals surface area contributed by atoms with Crippen LogP contribution in [-0.2, 0) is 0 Å². The van der Waals surface area contributed by atoms with E-state index in [0.717, 1.165) is 76.9 Å². The van der Waals surface area contributed by atoms with Gasteiger partial charge in [0.2, 0.25) is 0 Å². The molecule has 0 atom stereocenters. The van der Waals surface area contributed by atoms with Crippen molar-refractivity contribution in [2.24, 2.45) is 0 Å². The van der Waals surface area contributed by atoms with Crippen molar-refractivity contribution in [1.29, 1.82) is 0 Å². The van der Waals surface area contributed by atoms with Crippen LogP contribution in [0, 0.1) is 0 Å². The van der Waals surface area contributed by atoms with E-state index in [2.05, 4.69) is 72.8 Å². The maximum atomic E-state index is 8.80. The van der Waals surface area contributed by atoms with Crippen molar-refractivity contribution >= 4 is 43.5 Å². The predicted molar refractivity (Wildman–Crippen MR) is 190 cm³/mol. The monoisotopic (exact) mass is 577 g/mol. The van der Waals surface area contributed by atoms with E-state index >= 15 is 0 Å². The highest BCUT2D eigenvalue weighted by Gasteiger charge is 2.20. The summed E-state index contributed by atoms with van der Waals surface area (Å²) in [5.41, 5.74) is 8.59. The molecule has 1 nitrogen and oxygen atoms in total. The van der Waals surface area contributed by atoms with Gasteiger partial charge in [0.15, 0.2) is 0 Å². The van der Waals surface area contributed by atoms with Crippen LogP contribution in [0.2, 0.25) is 0 Å². The first kappa shape index (κ1) is 20.9. The van der Waals surface area contributed by atoms with Crippen molar-refractivity contribution in [2.75, 3.05) is 0 Å². The second kappa shape index (κ2) is 10.4. The Hall–Kier alpha value is -5.92. The largest absolute Gasteiger partial charge is 0.456 e.